The molecule has 102 valence electrons. The Morgan fingerprint density at radius 2 is 2.05 bits per heavy atom. The minimum Gasteiger partial charge on any atom is -0.374 e. The van der Waals surface area contributed by atoms with E-state index < -0.39 is 13.0 Å². The van der Waals surface area contributed by atoms with Crippen LogP contribution in [0, 0.1) is 0 Å². The number of ether oxygens (including phenoxy) is 1. The summed E-state index contributed by atoms with van der Waals surface area (Å²) < 4.78 is 30.1. The number of fused-ring (bicyclic) bond motifs is 1. The van der Waals surface area contributed by atoms with Crippen molar-refractivity contribution in [2.45, 2.75) is 13.0 Å². The normalized spacial score (nSPS) is 11.4. The first-order valence-corrected chi connectivity index (χ1v) is 6.11. The smallest absolute Gasteiger partial charge is 0.269 e. The minimum atomic E-state index is -2.51. The van der Waals surface area contributed by atoms with Crippen LogP contribution in [0.15, 0.2) is 35.1 Å². The molecule has 0 amide bonds. The first-order chi connectivity index (χ1) is 9.09. The molecular weight excluding hydrogens is 276 g/mol. The highest BCUT2D eigenvalue weighted by molar-refractivity contribution is 6.31. The molecule has 0 saturated heterocycles. The minimum absolute atomic E-state index is 0.0363. The predicted molar refractivity (Wildman–Crippen MR) is 70.0 cm³/mol. The molecule has 0 atom stereocenters. The maximum absolute atomic E-state index is 11.9. The number of hydrogen-bond acceptors (Lipinski definition) is 2. The van der Waals surface area contributed by atoms with E-state index >= 15 is 0 Å². The molecule has 2 rings (SSSR count). The molecule has 19 heavy (non-hydrogen) atoms. The van der Waals surface area contributed by atoms with Crippen molar-refractivity contribution in [1.82, 2.24) is 4.57 Å². The predicted octanol–water partition coefficient (Wildman–Crippen LogP) is 2.94. The number of aromatic nitrogens is 1. The molecule has 1 aromatic heterocycles. The van der Waals surface area contributed by atoms with Gasteiger partial charge in [0.2, 0.25) is 0 Å². The lowest BCUT2D eigenvalue weighted by atomic mass is 10.2. The Labute approximate surface area is 113 Å². The van der Waals surface area contributed by atoms with Gasteiger partial charge in [0, 0.05) is 6.54 Å². The van der Waals surface area contributed by atoms with Gasteiger partial charge in [0.15, 0.2) is 0 Å². The summed E-state index contributed by atoms with van der Waals surface area (Å²) >= 11 is 5.86. The van der Waals surface area contributed by atoms with Gasteiger partial charge in [-0.05, 0) is 17.5 Å². The average molecular weight is 288 g/mol. The molecule has 0 spiro atoms. The summed E-state index contributed by atoms with van der Waals surface area (Å²) in [6.07, 6.45) is -2.51. The fraction of sp³-hybridized carbons (Fsp3) is 0.308. The van der Waals surface area contributed by atoms with Crippen molar-refractivity contribution in [2.75, 3.05) is 13.2 Å². The van der Waals surface area contributed by atoms with E-state index in [2.05, 4.69) is 0 Å². The van der Waals surface area contributed by atoms with Gasteiger partial charge in [-0.3, -0.25) is 4.79 Å². The van der Waals surface area contributed by atoms with Gasteiger partial charge in [0.05, 0.1) is 12.1 Å². The zero-order chi connectivity index (χ0) is 13.8. The maximum Gasteiger partial charge on any atom is 0.269 e. The van der Waals surface area contributed by atoms with E-state index in [1.54, 1.807) is 18.2 Å². The number of para-hydroxylation sites is 1. The second-order valence-electron chi connectivity index (χ2n) is 3.97. The second-order valence-corrected chi connectivity index (χ2v) is 4.38. The van der Waals surface area contributed by atoms with Crippen molar-refractivity contribution in [3.63, 3.8) is 0 Å². The zero-order valence-electron chi connectivity index (χ0n) is 9.98. The highest BCUT2D eigenvalue weighted by Crippen LogP contribution is 2.15. The third kappa shape index (κ3) is 3.30. The van der Waals surface area contributed by atoms with Gasteiger partial charge in [0.1, 0.15) is 11.6 Å². The highest BCUT2D eigenvalue weighted by atomic mass is 35.5. The lowest BCUT2D eigenvalue weighted by Crippen LogP contribution is -2.23. The lowest BCUT2D eigenvalue weighted by Gasteiger charge is -2.11. The third-order valence-electron chi connectivity index (χ3n) is 2.66. The molecule has 0 aliphatic carbocycles. The standard InChI is InChI=1S/C13H12ClF2NO2/c14-10-7-9-3-1-2-4-11(9)17(13(10)18)5-6-19-8-12(15)16/h1-4,7,12H,5-6,8H2. The average Bonchev–Trinajstić information content (AvgIpc) is 2.38. The Kier molecular flexibility index (Phi) is 4.50. The van der Waals surface area contributed by atoms with Crippen molar-refractivity contribution in [3.8, 4) is 0 Å². The van der Waals surface area contributed by atoms with Crippen LogP contribution in [0.25, 0.3) is 10.9 Å². The summed E-state index contributed by atoms with van der Waals surface area (Å²) in [6, 6.07) is 8.83. The Balaban J connectivity index is 2.26. The topological polar surface area (TPSA) is 31.2 Å². The number of alkyl halides is 2. The van der Waals surface area contributed by atoms with E-state index in [9.17, 15) is 13.6 Å². The quantitative estimate of drug-likeness (QED) is 0.792. The van der Waals surface area contributed by atoms with Crippen LogP contribution >= 0.6 is 11.6 Å². The monoisotopic (exact) mass is 287 g/mol. The number of hydrogen-bond donors (Lipinski definition) is 0. The lowest BCUT2D eigenvalue weighted by molar-refractivity contribution is 0.0148. The van der Waals surface area contributed by atoms with Crippen LogP contribution < -0.4 is 5.56 Å². The molecule has 3 nitrogen and oxygen atoms in total. The van der Waals surface area contributed by atoms with Crippen LogP contribution in [0.1, 0.15) is 0 Å². The molecule has 0 saturated carbocycles. The molecule has 1 aromatic carbocycles. The van der Waals surface area contributed by atoms with E-state index in [4.69, 9.17) is 16.3 Å². The first-order valence-electron chi connectivity index (χ1n) is 5.73. The van der Waals surface area contributed by atoms with Crippen molar-refractivity contribution in [1.29, 1.82) is 0 Å². The zero-order valence-corrected chi connectivity index (χ0v) is 10.7. The molecule has 0 fully saturated rings. The van der Waals surface area contributed by atoms with Crippen LogP contribution in [0.3, 0.4) is 0 Å². The summed E-state index contributed by atoms with van der Waals surface area (Å²) in [4.78, 5) is 11.9. The number of rotatable bonds is 5. The second kappa shape index (κ2) is 6.12. The number of pyridine rings is 1. The number of halogens is 3. The van der Waals surface area contributed by atoms with Gasteiger partial charge in [-0.1, -0.05) is 29.8 Å². The fourth-order valence-electron chi connectivity index (χ4n) is 1.84. The van der Waals surface area contributed by atoms with Gasteiger partial charge in [-0.25, -0.2) is 8.78 Å². The van der Waals surface area contributed by atoms with Crippen molar-refractivity contribution >= 4 is 22.5 Å². The molecule has 0 radical (unpaired) electrons. The van der Waals surface area contributed by atoms with E-state index in [1.807, 2.05) is 12.1 Å². The van der Waals surface area contributed by atoms with Crippen LogP contribution in [-0.2, 0) is 11.3 Å². The molecule has 0 bridgehead atoms. The van der Waals surface area contributed by atoms with Crippen LogP contribution in [0.4, 0.5) is 8.78 Å². The number of benzene rings is 1. The summed E-state index contributed by atoms with van der Waals surface area (Å²) in [5.41, 5.74) is 0.360. The fourth-order valence-corrected chi connectivity index (χ4v) is 2.06. The summed E-state index contributed by atoms with van der Waals surface area (Å²) in [5.74, 6) is 0. The van der Waals surface area contributed by atoms with Gasteiger partial charge < -0.3 is 9.30 Å². The summed E-state index contributed by atoms with van der Waals surface area (Å²) in [7, 11) is 0. The third-order valence-corrected chi connectivity index (χ3v) is 2.93. The molecule has 0 N–H and O–H groups in total. The molecule has 0 aliphatic rings. The Bertz CT molecular complexity index is 628. The Morgan fingerprint density at radius 1 is 1.32 bits per heavy atom. The van der Waals surface area contributed by atoms with Gasteiger partial charge >= 0.3 is 0 Å². The summed E-state index contributed by atoms with van der Waals surface area (Å²) in [5, 5.41) is 0.925. The molecule has 2 aromatic rings. The van der Waals surface area contributed by atoms with Gasteiger partial charge in [0.25, 0.3) is 12.0 Å². The SMILES string of the molecule is O=c1c(Cl)cc2ccccc2n1CCOCC(F)F. The molecule has 1 heterocycles. The van der Waals surface area contributed by atoms with Crippen LogP contribution in [0.5, 0.6) is 0 Å². The van der Waals surface area contributed by atoms with Crippen molar-refractivity contribution < 1.29 is 13.5 Å². The number of nitrogens with zero attached hydrogens (tertiary/aromatic N) is 1. The van der Waals surface area contributed by atoms with Gasteiger partial charge in [-0.2, -0.15) is 0 Å². The van der Waals surface area contributed by atoms with Crippen LogP contribution in [0.2, 0.25) is 5.02 Å². The van der Waals surface area contributed by atoms with Gasteiger partial charge in [-0.15, -0.1) is 0 Å². The van der Waals surface area contributed by atoms with E-state index in [-0.39, 0.29) is 23.7 Å². The molecule has 0 unspecified atom stereocenters. The van der Waals surface area contributed by atoms with E-state index in [1.165, 1.54) is 4.57 Å². The van der Waals surface area contributed by atoms with Crippen molar-refractivity contribution in [2.24, 2.45) is 0 Å². The Morgan fingerprint density at radius 3 is 2.79 bits per heavy atom. The molecule has 0 aliphatic heterocycles. The van der Waals surface area contributed by atoms with Crippen molar-refractivity contribution in [3.05, 3.63) is 45.7 Å². The molecular formula is C13H12ClF2NO2. The Hall–Kier alpha value is -1.46. The van der Waals surface area contributed by atoms with E-state index in [0.717, 1.165) is 5.39 Å². The highest BCUT2D eigenvalue weighted by Gasteiger charge is 2.08. The summed E-state index contributed by atoms with van der Waals surface area (Å²) in [6.45, 7) is -0.408. The molecule has 6 heteroatoms. The van der Waals surface area contributed by atoms with Crippen LogP contribution in [-0.4, -0.2) is 24.2 Å². The van der Waals surface area contributed by atoms with E-state index in [0.29, 0.717) is 5.52 Å². The maximum atomic E-state index is 11.9. The largest absolute Gasteiger partial charge is 0.374 e. The first kappa shape index (κ1) is 14.0.